The van der Waals surface area contributed by atoms with Crippen LogP contribution in [-0.2, 0) is 0 Å². The second kappa shape index (κ2) is 14.7. The lowest BCUT2D eigenvalue weighted by Crippen LogP contribution is -2.00. The molecule has 0 bridgehead atoms. The summed E-state index contributed by atoms with van der Waals surface area (Å²) in [7, 11) is 0. The van der Waals surface area contributed by atoms with Crippen molar-refractivity contribution in [3.8, 4) is 67.8 Å². The molecule has 0 spiro atoms. The van der Waals surface area contributed by atoms with E-state index in [1.807, 2.05) is 18.2 Å². The van der Waals surface area contributed by atoms with Crippen LogP contribution in [0.3, 0.4) is 0 Å². The highest BCUT2D eigenvalue weighted by molar-refractivity contribution is 6.11. The van der Waals surface area contributed by atoms with E-state index in [0.29, 0.717) is 17.5 Å². The maximum atomic E-state index is 5.24. The molecule has 5 heteroatoms. The van der Waals surface area contributed by atoms with Crippen molar-refractivity contribution >= 4 is 43.6 Å². The van der Waals surface area contributed by atoms with E-state index in [0.717, 1.165) is 60.9 Å². The van der Waals surface area contributed by atoms with Crippen LogP contribution in [0.4, 0.5) is 0 Å². The van der Waals surface area contributed by atoms with E-state index >= 15 is 0 Å². The number of fused-ring (bicyclic) bond motifs is 6. The minimum Gasteiger partial charge on any atom is -0.309 e. The molecule has 9 aromatic carbocycles. The van der Waals surface area contributed by atoms with Crippen LogP contribution >= 0.6 is 0 Å². The zero-order chi connectivity index (χ0) is 41.0. The predicted molar refractivity (Wildman–Crippen MR) is 256 cm³/mol. The van der Waals surface area contributed by atoms with Crippen LogP contribution in [0.5, 0.6) is 0 Å². The van der Waals surface area contributed by atoms with E-state index in [4.69, 9.17) is 15.0 Å². The monoisotopic (exact) mass is 791 g/mol. The van der Waals surface area contributed by atoms with Gasteiger partial charge in [0.15, 0.2) is 17.5 Å². The van der Waals surface area contributed by atoms with Gasteiger partial charge >= 0.3 is 0 Å². The van der Waals surface area contributed by atoms with Gasteiger partial charge in [-0.15, -0.1) is 0 Å². The lowest BCUT2D eigenvalue weighted by atomic mass is 10.1. The van der Waals surface area contributed by atoms with Crippen LogP contribution in [0.2, 0.25) is 0 Å². The summed E-state index contributed by atoms with van der Waals surface area (Å²) >= 11 is 0. The van der Waals surface area contributed by atoms with Crippen molar-refractivity contribution in [1.82, 2.24) is 24.1 Å². The molecule has 0 amide bonds. The van der Waals surface area contributed by atoms with Gasteiger partial charge in [-0.3, -0.25) is 0 Å². The van der Waals surface area contributed by atoms with E-state index < -0.39 is 0 Å². The standard InChI is InChI=1S/C57H37N5/c1-4-14-38(15-5-1)40-24-30-45(31-25-40)61-51-22-12-10-20-47(51)49-36-43(28-34-53(49)61)56-58-55(42-18-8-3-9-19-42)59-57(60-56)44-29-35-54-50(37-44)48-21-11-13-23-52(48)62(54)46-32-26-41(27-33-46)39-16-6-2-7-17-39/h1-37H. The molecule has 62 heavy (non-hydrogen) atoms. The Morgan fingerprint density at radius 3 is 0.952 bits per heavy atom. The van der Waals surface area contributed by atoms with Gasteiger partial charge in [-0.25, -0.2) is 15.0 Å². The molecule has 0 N–H and O–H groups in total. The Balaban J connectivity index is 0.985. The molecule has 0 fully saturated rings. The van der Waals surface area contributed by atoms with Crippen molar-refractivity contribution < 1.29 is 0 Å². The highest BCUT2D eigenvalue weighted by atomic mass is 15.0. The fourth-order valence-electron chi connectivity index (χ4n) is 9.00. The molecule has 3 aromatic heterocycles. The molecular weight excluding hydrogens is 755 g/mol. The largest absolute Gasteiger partial charge is 0.309 e. The topological polar surface area (TPSA) is 48.5 Å². The smallest absolute Gasteiger partial charge is 0.164 e. The number of aromatic nitrogens is 5. The minimum absolute atomic E-state index is 0.626. The van der Waals surface area contributed by atoms with Crippen LogP contribution in [-0.4, -0.2) is 24.1 Å². The maximum absolute atomic E-state index is 5.24. The van der Waals surface area contributed by atoms with Crippen molar-refractivity contribution in [3.05, 3.63) is 224 Å². The highest BCUT2D eigenvalue weighted by Crippen LogP contribution is 2.38. The van der Waals surface area contributed by atoms with Gasteiger partial charge in [0.2, 0.25) is 0 Å². The van der Waals surface area contributed by atoms with E-state index in [1.165, 1.54) is 33.0 Å². The normalized spacial score (nSPS) is 11.5. The van der Waals surface area contributed by atoms with Crippen molar-refractivity contribution in [2.45, 2.75) is 0 Å². The predicted octanol–water partition coefficient (Wildman–Crippen LogP) is 14.4. The first-order valence-electron chi connectivity index (χ1n) is 20.9. The third-order valence-electron chi connectivity index (χ3n) is 12.0. The average molecular weight is 792 g/mol. The molecule has 0 aliphatic heterocycles. The summed E-state index contributed by atoms with van der Waals surface area (Å²) in [6.07, 6.45) is 0. The third-order valence-corrected chi connectivity index (χ3v) is 12.0. The Labute approximate surface area is 358 Å². The number of para-hydroxylation sites is 2. The molecule has 0 aliphatic carbocycles. The van der Waals surface area contributed by atoms with Gasteiger partial charge in [0.1, 0.15) is 0 Å². The fourth-order valence-corrected chi connectivity index (χ4v) is 9.00. The summed E-state index contributed by atoms with van der Waals surface area (Å²) in [5.41, 5.74) is 14.3. The second-order valence-corrected chi connectivity index (χ2v) is 15.7. The SMILES string of the molecule is c1ccc(-c2ccc(-n3c4ccccc4c4cc(-c5nc(-c6ccccc6)nc(-c6ccc7c(c6)c6ccccc6n7-c6ccc(-c7ccccc7)cc6)n5)ccc43)cc2)cc1. The lowest BCUT2D eigenvalue weighted by Gasteiger charge is -2.11. The summed E-state index contributed by atoms with van der Waals surface area (Å²) in [5, 5.41) is 4.62. The Kier molecular flexibility index (Phi) is 8.42. The molecular formula is C57H37N5. The van der Waals surface area contributed by atoms with Gasteiger partial charge in [0, 0.05) is 49.6 Å². The first-order valence-corrected chi connectivity index (χ1v) is 20.9. The van der Waals surface area contributed by atoms with Crippen LogP contribution in [0, 0.1) is 0 Å². The first kappa shape index (κ1) is 35.5. The van der Waals surface area contributed by atoms with Gasteiger partial charge < -0.3 is 9.13 Å². The second-order valence-electron chi connectivity index (χ2n) is 15.7. The van der Waals surface area contributed by atoms with Gasteiger partial charge in [-0.1, -0.05) is 152 Å². The molecule has 0 saturated carbocycles. The Morgan fingerprint density at radius 2 is 0.532 bits per heavy atom. The molecule has 0 radical (unpaired) electrons. The summed E-state index contributed by atoms with van der Waals surface area (Å²) in [5.74, 6) is 1.88. The number of hydrogen-bond acceptors (Lipinski definition) is 3. The van der Waals surface area contributed by atoms with Crippen molar-refractivity contribution in [3.63, 3.8) is 0 Å². The molecule has 0 unspecified atom stereocenters. The molecule has 5 nitrogen and oxygen atoms in total. The van der Waals surface area contributed by atoms with Gasteiger partial charge in [-0.2, -0.15) is 0 Å². The van der Waals surface area contributed by atoms with E-state index in [-0.39, 0.29) is 0 Å². The highest BCUT2D eigenvalue weighted by Gasteiger charge is 2.19. The van der Waals surface area contributed by atoms with Crippen molar-refractivity contribution in [2.75, 3.05) is 0 Å². The third kappa shape index (κ3) is 6.06. The van der Waals surface area contributed by atoms with Gasteiger partial charge in [0.05, 0.1) is 22.1 Å². The van der Waals surface area contributed by atoms with Crippen LogP contribution in [0.1, 0.15) is 0 Å². The quantitative estimate of drug-likeness (QED) is 0.162. The summed E-state index contributed by atoms with van der Waals surface area (Å²) in [6, 6.07) is 79.3. The molecule has 0 atom stereocenters. The average Bonchev–Trinajstić information content (AvgIpc) is 3.87. The Hall–Kier alpha value is -8.41. The van der Waals surface area contributed by atoms with E-state index in [1.54, 1.807) is 0 Å². The van der Waals surface area contributed by atoms with Crippen LogP contribution in [0.15, 0.2) is 224 Å². The minimum atomic E-state index is 0.626. The van der Waals surface area contributed by atoms with E-state index in [9.17, 15) is 0 Å². The summed E-state index contributed by atoms with van der Waals surface area (Å²) < 4.78 is 4.70. The van der Waals surface area contributed by atoms with Crippen molar-refractivity contribution in [2.24, 2.45) is 0 Å². The molecule has 3 heterocycles. The summed E-state index contributed by atoms with van der Waals surface area (Å²) in [4.78, 5) is 15.5. The van der Waals surface area contributed by atoms with Crippen LogP contribution < -0.4 is 0 Å². The maximum Gasteiger partial charge on any atom is 0.164 e. The Bertz CT molecular complexity index is 3370. The zero-order valence-electron chi connectivity index (χ0n) is 33.6. The van der Waals surface area contributed by atoms with Gasteiger partial charge in [-0.05, 0) is 95.1 Å². The molecule has 0 saturated heterocycles. The summed E-state index contributed by atoms with van der Waals surface area (Å²) in [6.45, 7) is 0. The van der Waals surface area contributed by atoms with Crippen molar-refractivity contribution in [1.29, 1.82) is 0 Å². The van der Waals surface area contributed by atoms with Crippen LogP contribution in [0.25, 0.3) is 111 Å². The lowest BCUT2D eigenvalue weighted by molar-refractivity contribution is 1.07. The molecule has 290 valence electrons. The number of rotatable bonds is 7. The first-order chi connectivity index (χ1) is 30.7. The Morgan fingerprint density at radius 1 is 0.226 bits per heavy atom. The number of hydrogen-bond donors (Lipinski definition) is 0. The van der Waals surface area contributed by atoms with Gasteiger partial charge in [0.25, 0.3) is 0 Å². The molecule has 12 rings (SSSR count). The fraction of sp³-hybridized carbons (Fsp3) is 0. The molecule has 0 aliphatic rings. The molecule has 12 aromatic rings. The number of benzene rings is 9. The number of nitrogens with zero attached hydrogens (tertiary/aromatic N) is 5. The van der Waals surface area contributed by atoms with E-state index in [2.05, 4.69) is 215 Å². The zero-order valence-corrected chi connectivity index (χ0v) is 33.6.